The summed E-state index contributed by atoms with van der Waals surface area (Å²) in [7, 11) is -3.60. The normalized spacial score (nSPS) is 22.7. The number of hydroxylamine groups is 1. The topological polar surface area (TPSA) is 132 Å². The minimum atomic E-state index is -3.60. The van der Waals surface area contributed by atoms with Crippen LogP contribution in [0.15, 0.2) is 73.1 Å². The van der Waals surface area contributed by atoms with Gasteiger partial charge in [0.25, 0.3) is 11.8 Å². The third-order valence-corrected chi connectivity index (χ3v) is 8.65. The van der Waals surface area contributed by atoms with E-state index in [1.165, 1.54) is 18.5 Å². The fourth-order valence-corrected chi connectivity index (χ4v) is 7.01. The van der Waals surface area contributed by atoms with Crippen LogP contribution in [-0.4, -0.2) is 43.5 Å². The van der Waals surface area contributed by atoms with Gasteiger partial charge in [-0.1, -0.05) is 73.0 Å². The number of nitrogens with zero attached hydrogens (tertiary/aromatic N) is 2. The van der Waals surface area contributed by atoms with Gasteiger partial charge in [0, 0.05) is 29.3 Å². The summed E-state index contributed by atoms with van der Waals surface area (Å²) in [5, 5.41) is 12.1. The average Bonchev–Trinajstić information content (AvgIpc) is 2.93. The molecule has 4 atom stereocenters. The summed E-state index contributed by atoms with van der Waals surface area (Å²) in [4.78, 5) is 35.4. The number of hydrogen-bond donors (Lipinski definition) is 2. The van der Waals surface area contributed by atoms with Crippen molar-refractivity contribution in [1.29, 1.82) is 0 Å². The van der Waals surface area contributed by atoms with Gasteiger partial charge in [0.1, 0.15) is 5.02 Å². The monoisotopic (exact) mass is 598 g/mol. The molecule has 2 aromatic carbocycles. The van der Waals surface area contributed by atoms with Crippen molar-refractivity contribution in [3.05, 3.63) is 106 Å². The first-order valence-electron chi connectivity index (χ1n) is 13.4. The molecule has 1 fully saturated rings. The third kappa shape index (κ3) is 6.38. The van der Waals surface area contributed by atoms with E-state index in [1.54, 1.807) is 29.2 Å². The molecule has 0 radical (unpaired) electrons. The van der Waals surface area contributed by atoms with E-state index in [-0.39, 0.29) is 17.5 Å². The molecule has 0 spiro atoms. The molecule has 12 heteroatoms. The van der Waals surface area contributed by atoms with E-state index in [0.29, 0.717) is 34.3 Å². The van der Waals surface area contributed by atoms with Crippen LogP contribution in [0.4, 0.5) is 0 Å². The molecule has 1 aliphatic carbocycles. The quantitative estimate of drug-likeness (QED) is 0.232. The molecule has 0 bridgehead atoms. The Kier molecular flexibility index (Phi) is 8.60. The van der Waals surface area contributed by atoms with Gasteiger partial charge in [0.15, 0.2) is 12.4 Å². The molecule has 5 rings (SSSR count). The minimum Gasteiger partial charge on any atom is -0.619 e. The number of nitrogens with one attached hydrogen (secondary N) is 2. The Bertz CT molecular complexity index is 1540. The van der Waals surface area contributed by atoms with E-state index < -0.39 is 40.0 Å². The van der Waals surface area contributed by atoms with E-state index in [4.69, 9.17) is 16.4 Å². The Morgan fingerprint density at radius 1 is 1.07 bits per heavy atom. The Morgan fingerprint density at radius 3 is 2.51 bits per heavy atom. The van der Waals surface area contributed by atoms with E-state index in [1.807, 2.05) is 30.3 Å². The molecule has 216 valence electrons. The summed E-state index contributed by atoms with van der Waals surface area (Å²) in [6.45, 7) is 0.125. The Balaban J connectivity index is 1.60. The van der Waals surface area contributed by atoms with Crippen LogP contribution in [0, 0.1) is 5.21 Å². The van der Waals surface area contributed by atoms with Gasteiger partial charge in [-0.15, -0.1) is 0 Å². The summed E-state index contributed by atoms with van der Waals surface area (Å²) in [6, 6.07) is 15.6. The predicted molar refractivity (Wildman–Crippen MR) is 152 cm³/mol. The van der Waals surface area contributed by atoms with Crippen LogP contribution >= 0.6 is 11.6 Å². The van der Waals surface area contributed by atoms with Crippen LogP contribution in [0.3, 0.4) is 0 Å². The van der Waals surface area contributed by atoms with Crippen molar-refractivity contribution in [2.45, 2.75) is 56.3 Å². The van der Waals surface area contributed by atoms with Crippen LogP contribution in [0.2, 0.25) is 5.02 Å². The minimum absolute atomic E-state index is 0.0797. The number of carbonyl (C=O) groups excluding carboxylic acids is 2. The van der Waals surface area contributed by atoms with Crippen LogP contribution in [0.5, 0.6) is 0 Å². The van der Waals surface area contributed by atoms with Crippen LogP contribution in [0.25, 0.3) is 0 Å². The molecule has 41 heavy (non-hydrogen) atoms. The average molecular weight is 599 g/mol. The smallest absolute Gasteiger partial charge is 0.255 e. The lowest BCUT2D eigenvalue weighted by atomic mass is 9.76. The van der Waals surface area contributed by atoms with Gasteiger partial charge in [0.05, 0.1) is 24.8 Å². The fraction of sp³-hybridized carbons (Fsp3) is 0.345. The molecule has 0 saturated heterocycles. The summed E-state index contributed by atoms with van der Waals surface area (Å²) < 4.78 is 27.9. The van der Waals surface area contributed by atoms with E-state index in [2.05, 4.69) is 10.2 Å². The largest absolute Gasteiger partial charge is 0.619 e. The molecule has 1 saturated carbocycles. The first kappa shape index (κ1) is 29.0. The van der Waals surface area contributed by atoms with Gasteiger partial charge in [0.2, 0.25) is 10.0 Å². The number of rotatable bonds is 8. The zero-order valence-corrected chi connectivity index (χ0v) is 24.0. The highest BCUT2D eigenvalue weighted by Crippen LogP contribution is 2.47. The highest BCUT2D eigenvalue weighted by Gasteiger charge is 2.49. The maximum absolute atomic E-state index is 14.2. The van der Waals surface area contributed by atoms with Gasteiger partial charge >= 0.3 is 0 Å². The maximum Gasteiger partial charge on any atom is 0.255 e. The molecule has 2 heterocycles. The van der Waals surface area contributed by atoms with Crippen molar-refractivity contribution in [2.75, 3.05) is 6.26 Å². The summed E-state index contributed by atoms with van der Waals surface area (Å²) in [5.74, 6) is -1.82. The van der Waals surface area contributed by atoms with Gasteiger partial charge in [-0.3, -0.25) is 14.4 Å². The van der Waals surface area contributed by atoms with Gasteiger partial charge in [-0.05, 0) is 30.0 Å². The maximum atomic E-state index is 14.2. The molecule has 10 nitrogen and oxygen atoms in total. The molecule has 2 N–H and O–H groups in total. The van der Waals surface area contributed by atoms with E-state index in [9.17, 15) is 23.2 Å². The van der Waals surface area contributed by atoms with Gasteiger partial charge in [-0.2, -0.15) is 4.73 Å². The molecule has 0 unspecified atom stereocenters. The zero-order valence-electron chi connectivity index (χ0n) is 22.4. The Morgan fingerprint density at radius 2 is 1.78 bits per heavy atom. The molecular formula is C29H31ClN4O6S. The number of aromatic nitrogens is 1. The van der Waals surface area contributed by atoms with Gasteiger partial charge < -0.3 is 10.1 Å². The molecule has 2 aliphatic rings. The lowest BCUT2D eigenvalue weighted by molar-refractivity contribution is -0.605. The number of pyridine rings is 1. The van der Waals surface area contributed by atoms with Crippen molar-refractivity contribution >= 4 is 33.4 Å². The third-order valence-electron chi connectivity index (χ3n) is 7.60. The number of hydrogen-bond acceptors (Lipinski definition) is 6. The SMILES string of the molecule is CS(=O)(=O)N[C@H]1CCCC[C@@H]1N1C(=O)c2ccccc2[C@@H](C(=O)NOCc2ccccc2)[C@@H]1c1cc[n+]([O-])cc1Cl. The number of benzene rings is 2. The first-order valence-corrected chi connectivity index (χ1v) is 15.6. The van der Waals surface area contributed by atoms with Crippen molar-refractivity contribution in [3.63, 3.8) is 0 Å². The van der Waals surface area contributed by atoms with Crippen LogP contribution < -0.4 is 14.9 Å². The molecule has 3 aromatic rings. The lowest BCUT2D eigenvalue weighted by Crippen LogP contribution is -2.59. The zero-order chi connectivity index (χ0) is 29.1. The second-order valence-corrected chi connectivity index (χ2v) is 12.6. The molecule has 1 aliphatic heterocycles. The lowest BCUT2D eigenvalue weighted by Gasteiger charge is -2.49. The Hall–Kier alpha value is -3.51. The number of sulfonamides is 1. The number of halogens is 1. The number of fused-ring (bicyclic) bond motifs is 1. The highest BCUT2D eigenvalue weighted by molar-refractivity contribution is 7.88. The van der Waals surface area contributed by atoms with E-state index in [0.717, 1.165) is 24.7 Å². The van der Waals surface area contributed by atoms with Crippen molar-refractivity contribution < 1.29 is 27.6 Å². The first-order chi connectivity index (χ1) is 19.6. The number of amides is 2. The second kappa shape index (κ2) is 12.2. The molecule has 1 aromatic heterocycles. The second-order valence-electron chi connectivity index (χ2n) is 10.4. The summed E-state index contributed by atoms with van der Waals surface area (Å²) in [5.41, 5.74) is 4.63. The van der Waals surface area contributed by atoms with Crippen LogP contribution in [-0.2, 0) is 26.3 Å². The molecule has 2 amide bonds. The summed E-state index contributed by atoms with van der Waals surface area (Å²) in [6.07, 6.45) is 6.12. The standard InChI is InChI=1S/C29H31ClN4O6S/c1-41(38,39)32-24-13-7-8-14-25(24)34-27(22-15-16-33(37)17-23(22)30)26(20-11-5-6-12-21(20)29(34)36)28(35)31-40-18-19-9-3-2-4-10-19/h2-6,9-12,15-17,24-27,32H,7-8,13-14,18H2,1H3,(H,31,35)/t24-,25-,26+,27-/m0/s1. The highest BCUT2D eigenvalue weighted by atomic mass is 35.5. The number of carbonyl (C=O) groups is 2. The van der Waals surface area contributed by atoms with Crippen molar-refractivity contribution in [2.24, 2.45) is 0 Å². The summed E-state index contributed by atoms with van der Waals surface area (Å²) >= 11 is 6.61. The van der Waals surface area contributed by atoms with Crippen LogP contribution in [0.1, 0.15) is 64.7 Å². The predicted octanol–water partition coefficient (Wildman–Crippen LogP) is 3.36. The fourth-order valence-electron chi connectivity index (χ4n) is 5.92. The van der Waals surface area contributed by atoms with Crippen molar-refractivity contribution in [3.8, 4) is 0 Å². The van der Waals surface area contributed by atoms with Crippen molar-refractivity contribution in [1.82, 2.24) is 15.1 Å². The molecular weight excluding hydrogens is 568 g/mol. The Labute approximate surface area is 243 Å². The van der Waals surface area contributed by atoms with Gasteiger partial charge in [-0.25, -0.2) is 18.6 Å². The van der Waals surface area contributed by atoms with E-state index >= 15 is 0 Å².